The van der Waals surface area contributed by atoms with Crippen molar-refractivity contribution in [3.63, 3.8) is 0 Å². The third kappa shape index (κ3) is 9.15. The minimum Gasteiger partial charge on any atom is -0.493 e. The molecule has 0 radical (unpaired) electrons. The van der Waals surface area contributed by atoms with Gasteiger partial charge in [0, 0.05) is 50.9 Å². The summed E-state index contributed by atoms with van der Waals surface area (Å²) < 4.78 is 19.1. The summed E-state index contributed by atoms with van der Waals surface area (Å²) in [7, 11) is 0. The molecule has 202 valence electrons. The summed E-state index contributed by atoms with van der Waals surface area (Å²) in [5, 5.41) is 0. The van der Waals surface area contributed by atoms with Gasteiger partial charge in [0.1, 0.15) is 11.6 Å². The first kappa shape index (κ1) is 28.6. The molecule has 2 amide bonds. The van der Waals surface area contributed by atoms with Crippen molar-refractivity contribution in [1.29, 1.82) is 0 Å². The smallest absolute Gasteiger partial charge is 0.227 e. The first-order valence-electron chi connectivity index (χ1n) is 13.5. The number of para-hydroxylation sites is 1. The molecule has 0 saturated heterocycles. The van der Waals surface area contributed by atoms with Gasteiger partial charge in [-0.3, -0.25) is 9.59 Å². The summed E-state index contributed by atoms with van der Waals surface area (Å²) in [6.45, 7) is 13.0. The molecule has 2 aromatic rings. The minimum atomic E-state index is -0.366. The summed E-state index contributed by atoms with van der Waals surface area (Å²) in [5.74, 6) is 0.928. The van der Waals surface area contributed by atoms with Crippen molar-refractivity contribution in [3.8, 4) is 5.75 Å². The third-order valence-electron chi connectivity index (χ3n) is 6.43. The first-order valence-corrected chi connectivity index (χ1v) is 13.5. The van der Waals surface area contributed by atoms with Crippen molar-refractivity contribution < 1.29 is 18.7 Å². The Kier molecular flexibility index (Phi) is 10.9. The van der Waals surface area contributed by atoms with E-state index in [0.29, 0.717) is 37.7 Å². The maximum atomic E-state index is 13.5. The Morgan fingerprint density at radius 3 is 2.43 bits per heavy atom. The quantitative estimate of drug-likeness (QED) is 0.479. The summed E-state index contributed by atoms with van der Waals surface area (Å²) in [6.07, 6.45) is 1.56. The second-order valence-electron chi connectivity index (χ2n) is 10.7. The van der Waals surface area contributed by atoms with Crippen LogP contribution in [0.2, 0.25) is 0 Å². The summed E-state index contributed by atoms with van der Waals surface area (Å²) in [4.78, 5) is 32.9. The molecule has 0 spiro atoms. The molecular formula is C30H42FN3O3. The summed E-state index contributed by atoms with van der Waals surface area (Å²) in [5.41, 5.74) is 1.86. The molecule has 0 N–H and O–H groups in total. The highest BCUT2D eigenvalue weighted by Crippen LogP contribution is 2.25. The van der Waals surface area contributed by atoms with Crippen molar-refractivity contribution in [1.82, 2.24) is 9.80 Å². The van der Waals surface area contributed by atoms with Gasteiger partial charge in [0.25, 0.3) is 0 Å². The number of hydrogen-bond acceptors (Lipinski definition) is 4. The molecule has 37 heavy (non-hydrogen) atoms. The Labute approximate surface area is 221 Å². The number of carbonyl (C=O) groups is 2. The van der Waals surface area contributed by atoms with Gasteiger partial charge >= 0.3 is 0 Å². The number of ether oxygens (including phenoxy) is 1. The second kappa shape index (κ2) is 14.1. The van der Waals surface area contributed by atoms with Crippen LogP contribution in [0.1, 0.15) is 52.5 Å². The van der Waals surface area contributed by atoms with Crippen LogP contribution >= 0.6 is 0 Å². The lowest BCUT2D eigenvalue weighted by atomic mass is 10.1. The topological polar surface area (TPSA) is 53.1 Å². The molecule has 7 heteroatoms. The lowest BCUT2D eigenvalue weighted by Gasteiger charge is -2.29. The van der Waals surface area contributed by atoms with Crippen molar-refractivity contribution in [2.45, 2.75) is 53.5 Å². The maximum absolute atomic E-state index is 13.5. The predicted molar refractivity (Wildman–Crippen MR) is 146 cm³/mol. The van der Waals surface area contributed by atoms with E-state index in [0.717, 1.165) is 37.3 Å². The molecule has 0 unspecified atom stereocenters. The maximum Gasteiger partial charge on any atom is 0.227 e. The molecule has 2 aromatic carbocycles. The number of halogens is 1. The Bertz CT molecular complexity index is 1030. The number of rotatable bonds is 8. The van der Waals surface area contributed by atoms with Crippen LogP contribution in [0.3, 0.4) is 0 Å². The zero-order valence-electron chi connectivity index (χ0n) is 22.8. The van der Waals surface area contributed by atoms with E-state index in [9.17, 15) is 14.0 Å². The van der Waals surface area contributed by atoms with Gasteiger partial charge in [0.2, 0.25) is 11.8 Å². The van der Waals surface area contributed by atoms with Gasteiger partial charge in [-0.15, -0.1) is 0 Å². The van der Waals surface area contributed by atoms with Crippen LogP contribution in [0.5, 0.6) is 5.75 Å². The highest BCUT2D eigenvalue weighted by atomic mass is 19.1. The van der Waals surface area contributed by atoms with E-state index in [1.54, 1.807) is 12.1 Å². The normalized spacial score (nSPS) is 15.4. The van der Waals surface area contributed by atoms with Crippen LogP contribution in [0.4, 0.5) is 10.1 Å². The average molecular weight is 512 g/mol. The third-order valence-corrected chi connectivity index (χ3v) is 6.43. The Hall–Kier alpha value is -2.93. The number of benzene rings is 2. The molecule has 0 aromatic heterocycles. The molecule has 1 aliphatic heterocycles. The number of anilines is 1. The first-order chi connectivity index (χ1) is 17.7. The van der Waals surface area contributed by atoms with E-state index in [1.165, 1.54) is 12.1 Å². The second-order valence-corrected chi connectivity index (χ2v) is 10.7. The van der Waals surface area contributed by atoms with Crippen LogP contribution in [0.25, 0.3) is 0 Å². The van der Waals surface area contributed by atoms with Gasteiger partial charge in [-0.25, -0.2) is 4.39 Å². The lowest BCUT2D eigenvalue weighted by molar-refractivity contribution is -0.132. The SMILES string of the molecule is CC(C)CC(=O)N1CCCN(CC(C)C)CCN(C(=O)CCOc2cccc(F)c2)Cc2ccccc21. The number of nitrogens with zero attached hydrogens (tertiary/aromatic N) is 3. The Morgan fingerprint density at radius 1 is 0.919 bits per heavy atom. The summed E-state index contributed by atoms with van der Waals surface area (Å²) in [6, 6.07) is 13.9. The van der Waals surface area contributed by atoms with Crippen molar-refractivity contribution >= 4 is 17.5 Å². The lowest BCUT2D eigenvalue weighted by Crippen LogP contribution is -2.40. The van der Waals surface area contributed by atoms with E-state index in [2.05, 4.69) is 32.6 Å². The van der Waals surface area contributed by atoms with Gasteiger partial charge in [0.05, 0.1) is 13.0 Å². The highest BCUT2D eigenvalue weighted by Gasteiger charge is 2.24. The van der Waals surface area contributed by atoms with Crippen molar-refractivity contribution in [2.75, 3.05) is 44.2 Å². The summed E-state index contributed by atoms with van der Waals surface area (Å²) >= 11 is 0. The van der Waals surface area contributed by atoms with Gasteiger partial charge in [0.15, 0.2) is 0 Å². The Balaban J connectivity index is 1.81. The van der Waals surface area contributed by atoms with Crippen molar-refractivity contribution in [2.24, 2.45) is 11.8 Å². The zero-order valence-corrected chi connectivity index (χ0v) is 22.8. The van der Waals surface area contributed by atoms with Gasteiger partial charge < -0.3 is 19.4 Å². The van der Waals surface area contributed by atoms with Crippen LogP contribution in [-0.2, 0) is 16.1 Å². The van der Waals surface area contributed by atoms with E-state index >= 15 is 0 Å². The highest BCUT2D eigenvalue weighted by molar-refractivity contribution is 5.94. The van der Waals surface area contributed by atoms with Crippen LogP contribution < -0.4 is 9.64 Å². The van der Waals surface area contributed by atoms with Crippen LogP contribution in [0.15, 0.2) is 48.5 Å². The molecule has 0 fully saturated rings. The predicted octanol–water partition coefficient (Wildman–Crippen LogP) is 5.36. The standard InChI is InChI=1S/C30H42FN3O3/c1-23(2)19-30(36)34-15-8-14-32(21-24(3)4)16-17-33(22-25-9-5-6-12-28(25)34)29(35)13-18-37-27-11-7-10-26(31)20-27/h5-7,9-12,20,23-24H,8,13-19,21-22H2,1-4H3. The fraction of sp³-hybridized carbons (Fsp3) is 0.533. The molecule has 0 saturated carbocycles. The molecule has 6 nitrogen and oxygen atoms in total. The average Bonchev–Trinajstić information content (AvgIpc) is 2.86. The number of hydrogen-bond donors (Lipinski definition) is 0. The largest absolute Gasteiger partial charge is 0.493 e. The number of amides is 2. The number of carbonyl (C=O) groups excluding carboxylic acids is 2. The fourth-order valence-electron chi connectivity index (χ4n) is 4.74. The van der Waals surface area contributed by atoms with E-state index < -0.39 is 0 Å². The zero-order chi connectivity index (χ0) is 26.8. The molecule has 0 bridgehead atoms. The van der Waals surface area contributed by atoms with Crippen LogP contribution in [-0.4, -0.2) is 60.9 Å². The molecule has 0 aliphatic carbocycles. The molecule has 1 heterocycles. The van der Waals surface area contributed by atoms with Gasteiger partial charge in [-0.1, -0.05) is 52.0 Å². The van der Waals surface area contributed by atoms with E-state index in [-0.39, 0.29) is 36.6 Å². The van der Waals surface area contributed by atoms with Crippen LogP contribution in [0, 0.1) is 17.7 Å². The van der Waals surface area contributed by atoms with Gasteiger partial charge in [-0.05, 0) is 48.6 Å². The molecule has 3 rings (SSSR count). The molecule has 0 atom stereocenters. The van der Waals surface area contributed by atoms with E-state index in [1.807, 2.05) is 34.1 Å². The van der Waals surface area contributed by atoms with E-state index in [4.69, 9.17) is 4.74 Å². The Morgan fingerprint density at radius 2 is 1.70 bits per heavy atom. The minimum absolute atomic E-state index is 0.0185. The molecular weight excluding hydrogens is 469 g/mol. The number of fused-ring (bicyclic) bond motifs is 1. The monoisotopic (exact) mass is 511 g/mol. The van der Waals surface area contributed by atoms with Gasteiger partial charge in [-0.2, -0.15) is 0 Å². The molecule has 1 aliphatic rings. The fourth-order valence-corrected chi connectivity index (χ4v) is 4.74. The van der Waals surface area contributed by atoms with Crippen molar-refractivity contribution in [3.05, 3.63) is 59.9 Å².